The van der Waals surface area contributed by atoms with Gasteiger partial charge in [-0.25, -0.2) is 4.39 Å². The number of benzene rings is 1. The fraction of sp³-hybridized carbons (Fsp3) is 0.542. The van der Waals surface area contributed by atoms with E-state index in [4.69, 9.17) is 4.42 Å². The third-order valence-corrected chi connectivity index (χ3v) is 8.80. The standard InChI is InChI=1S/C24H32FN3O4S/c1-26(19-7-3-2-4-8-19)33(30,31)28-17-15-27(16-18-28)24(29)14-12-20-11-13-23(32-20)21-9-5-6-10-22(21)25/h5-6,9-11,13,19H,2-4,7-8,12,14-18H2,1H3. The highest BCUT2D eigenvalue weighted by Gasteiger charge is 2.35. The van der Waals surface area contributed by atoms with Crippen molar-refractivity contribution in [2.45, 2.75) is 51.0 Å². The van der Waals surface area contributed by atoms with Crippen molar-refractivity contribution in [1.82, 2.24) is 13.5 Å². The van der Waals surface area contributed by atoms with Gasteiger partial charge < -0.3 is 9.32 Å². The minimum absolute atomic E-state index is 0.0310. The quantitative estimate of drug-likeness (QED) is 0.610. The van der Waals surface area contributed by atoms with E-state index < -0.39 is 10.2 Å². The van der Waals surface area contributed by atoms with Crippen molar-refractivity contribution in [3.8, 4) is 11.3 Å². The van der Waals surface area contributed by atoms with E-state index in [9.17, 15) is 17.6 Å². The first-order chi connectivity index (χ1) is 15.9. The Labute approximate surface area is 195 Å². The Kier molecular flexibility index (Phi) is 7.51. The van der Waals surface area contributed by atoms with E-state index in [1.165, 1.54) is 21.1 Å². The number of hydrogen-bond donors (Lipinski definition) is 0. The van der Waals surface area contributed by atoms with Crippen LogP contribution in [0.25, 0.3) is 11.3 Å². The lowest BCUT2D eigenvalue weighted by Crippen LogP contribution is -2.55. The third-order valence-electron chi connectivity index (χ3n) is 6.76. The summed E-state index contributed by atoms with van der Waals surface area (Å²) in [6.45, 7) is 1.39. The summed E-state index contributed by atoms with van der Waals surface area (Å²) in [6, 6.07) is 9.96. The first-order valence-corrected chi connectivity index (χ1v) is 13.1. The molecule has 7 nitrogen and oxygen atoms in total. The molecule has 180 valence electrons. The van der Waals surface area contributed by atoms with Crippen LogP contribution >= 0.6 is 0 Å². The molecule has 1 saturated carbocycles. The maximum absolute atomic E-state index is 13.9. The Balaban J connectivity index is 1.27. The van der Waals surface area contributed by atoms with Crippen molar-refractivity contribution in [2.24, 2.45) is 0 Å². The Hall–Kier alpha value is -2.23. The van der Waals surface area contributed by atoms with Crippen LogP contribution < -0.4 is 0 Å². The molecule has 1 saturated heterocycles. The van der Waals surface area contributed by atoms with Gasteiger partial charge >= 0.3 is 0 Å². The zero-order valence-electron chi connectivity index (χ0n) is 19.1. The number of hydrogen-bond acceptors (Lipinski definition) is 4. The van der Waals surface area contributed by atoms with Crippen LogP contribution in [0.2, 0.25) is 0 Å². The molecule has 0 unspecified atom stereocenters. The number of nitrogens with zero attached hydrogens (tertiary/aromatic N) is 3. The summed E-state index contributed by atoms with van der Waals surface area (Å²) in [5, 5.41) is 0. The molecule has 0 spiro atoms. The van der Waals surface area contributed by atoms with E-state index in [-0.39, 0.29) is 24.2 Å². The second-order valence-corrected chi connectivity index (χ2v) is 10.8. The average Bonchev–Trinajstić information content (AvgIpc) is 3.31. The van der Waals surface area contributed by atoms with E-state index in [0.717, 1.165) is 25.7 Å². The molecule has 0 bridgehead atoms. The van der Waals surface area contributed by atoms with Gasteiger partial charge in [-0.3, -0.25) is 4.79 Å². The number of piperazine rings is 1. The van der Waals surface area contributed by atoms with Gasteiger partial charge in [-0.1, -0.05) is 31.4 Å². The number of amides is 1. The predicted octanol–water partition coefficient (Wildman–Crippen LogP) is 3.67. The zero-order valence-corrected chi connectivity index (χ0v) is 19.9. The SMILES string of the molecule is CN(C1CCCCC1)S(=O)(=O)N1CCN(C(=O)CCc2ccc(-c3ccccc3F)o2)CC1. The van der Waals surface area contributed by atoms with Crippen LogP contribution in [-0.4, -0.2) is 67.1 Å². The second-order valence-electron chi connectivity index (χ2n) is 8.84. The van der Waals surface area contributed by atoms with Gasteiger partial charge in [0.15, 0.2) is 0 Å². The van der Waals surface area contributed by atoms with Gasteiger partial charge in [0, 0.05) is 52.1 Å². The van der Waals surface area contributed by atoms with Crippen LogP contribution in [0.3, 0.4) is 0 Å². The van der Waals surface area contributed by atoms with Gasteiger partial charge in [0.2, 0.25) is 5.91 Å². The number of aryl methyl sites for hydroxylation is 1. The van der Waals surface area contributed by atoms with Gasteiger partial charge in [-0.2, -0.15) is 17.0 Å². The molecule has 1 amide bonds. The lowest BCUT2D eigenvalue weighted by molar-refractivity contribution is -0.132. The van der Waals surface area contributed by atoms with Gasteiger partial charge in [0.05, 0.1) is 5.56 Å². The summed E-state index contributed by atoms with van der Waals surface area (Å²) in [4.78, 5) is 14.4. The lowest BCUT2D eigenvalue weighted by atomic mass is 9.96. The molecule has 9 heteroatoms. The summed E-state index contributed by atoms with van der Waals surface area (Å²) in [7, 11) is -1.83. The monoisotopic (exact) mass is 477 g/mol. The molecular weight excluding hydrogens is 445 g/mol. The number of carbonyl (C=O) groups excluding carboxylic acids is 1. The van der Waals surface area contributed by atoms with E-state index in [0.29, 0.717) is 49.7 Å². The third kappa shape index (κ3) is 5.47. The van der Waals surface area contributed by atoms with Crippen molar-refractivity contribution in [3.63, 3.8) is 0 Å². The van der Waals surface area contributed by atoms with Crippen LogP contribution in [0.5, 0.6) is 0 Å². The van der Waals surface area contributed by atoms with Crippen LogP contribution in [0.4, 0.5) is 4.39 Å². The summed E-state index contributed by atoms with van der Waals surface area (Å²) in [6.07, 6.45) is 5.83. The van der Waals surface area contributed by atoms with Crippen molar-refractivity contribution in [2.75, 3.05) is 33.2 Å². The molecule has 1 aliphatic heterocycles. The maximum Gasteiger partial charge on any atom is 0.282 e. The van der Waals surface area contributed by atoms with Crippen molar-refractivity contribution < 1.29 is 22.0 Å². The Morgan fingerprint density at radius 3 is 2.45 bits per heavy atom. The molecule has 1 aromatic carbocycles. The Morgan fingerprint density at radius 1 is 1.06 bits per heavy atom. The van der Waals surface area contributed by atoms with Crippen LogP contribution in [0.15, 0.2) is 40.8 Å². The molecule has 2 aliphatic rings. The molecule has 0 atom stereocenters. The highest BCUT2D eigenvalue weighted by molar-refractivity contribution is 7.86. The van der Waals surface area contributed by atoms with Crippen molar-refractivity contribution >= 4 is 16.1 Å². The topological polar surface area (TPSA) is 74.1 Å². The molecule has 1 aliphatic carbocycles. The second kappa shape index (κ2) is 10.4. The smallest absolute Gasteiger partial charge is 0.282 e. The predicted molar refractivity (Wildman–Crippen MR) is 124 cm³/mol. The molecule has 0 radical (unpaired) electrons. The van der Waals surface area contributed by atoms with E-state index in [2.05, 4.69) is 0 Å². The minimum Gasteiger partial charge on any atom is -0.461 e. The molecular formula is C24H32FN3O4S. The van der Waals surface area contributed by atoms with Gasteiger partial charge in [-0.05, 0) is 37.1 Å². The van der Waals surface area contributed by atoms with Crippen LogP contribution in [0, 0.1) is 5.82 Å². The highest BCUT2D eigenvalue weighted by atomic mass is 32.2. The van der Waals surface area contributed by atoms with Crippen molar-refractivity contribution in [1.29, 1.82) is 0 Å². The van der Waals surface area contributed by atoms with E-state index in [1.54, 1.807) is 42.3 Å². The fourth-order valence-electron chi connectivity index (χ4n) is 4.69. The van der Waals surface area contributed by atoms with Gasteiger partial charge in [0.25, 0.3) is 10.2 Å². The molecule has 4 rings (SSSR count). The van der Waals surface area contributed by atoms with Crippen molar-refractivity contribution in [3.05, 3.63) is 48.0 Å². The molecule has 1 aromatic heterocycles. The molecule has 0 N–H and O–H groups in total. The lowest BCUT2D eigenvalue weighted by Gasteiger charge is -2.38. The zero-order chi connectivity index (χ0) is 23.4. The summed E-state index contributed by atoms with van der Waals surface area (Å²) >= 11 is 0. The highest BCUT2D eigenvalue weighted by Crippen LogP contribution is 2.26. The first kappa shape index (κ1) is 23.9. The van der Waals surface area contributed by atoms with Crippen LogP contribution in [0.1, 0.15) is 44.3 Å². The van der Waals surface area contributed by atoms with E-state index in [1.807, 2.05) is 0 Å². The average molecular weight is 478 g/mol. The summed E-state index contributed by atoms with van der Waals surface area (Å²) in [5.74, 6) is 0.682. The molecule has 2 fully saturated rings. The number of carbonyl (C=O) groups is 1. The Bertz CT molecular complexity index is 1060. The summed E-state index contributed by atoms with van der Waals surface area (Å²) < 4.78 is 48.8. The van der Waals surface area contributed by atoms with E-state index >= 15 is 0 Å². The summed E-state index contributed by atoms with van der Waals surface area (Å²) in [5.41, 5.74) is 0.394. The normalized spacial score (nSPS) is 18.7. The maximum atomic E-state index is 13.9. The first-order valence-electron chi connectivity index (χ1n) is 11.7. The van der Waals surface area contributed by atoms with Crippen LogP contribution in [-0.2, 0) is 21.4 Å². The Morgan fingerprint density at radius 2 is 1.76 bits per heavy atom. The molecule has 33 heavy (non-hydrogen) atoms. The fourth-order valence-corrected chi connectivity index (χ4v) is 6.27. The van der Waals surface area contributed by atoms with Gasteiger partial charge in [0.1, 0.15) is 17.3 Å². The number of halogens is 1. The number of rotatable bonds is 7. The molecule has 2 heterocycles. The number of furan rings is 1. The minimum atomic E-state index is -3.51. The molecule has 2 aromatic rings. The van der Waals surface area contributed by atoms with Gasteiger partial charge in [-0.15, -0.1) is 0 Å². The largest absolute Gasteiger partial charge is 0.461 e.